The van der Waals surface area contributed by atoms with Crippen molar-refractivity contribution in [2.24, 2.45) is 5.92 Å². The van der Waals surface area contributed by atoms with E-state index in [1.807, 2.05) is 24.3 Å². The Morgan fingerprint density at radius 1 is 1.26 bits per heavy atom. The van der Waals surface area contributed by atoms with Crippen LogP contribution < -0.4 is 5.48 Å². The molecule has 120 valence electrons. The van der Waals surface area contributed by atoms with Crippen LogP contribution in [0.4, 0.5) is 0 Å². The fourth-order valence-electron chi connectivity index (χ4n) is 3.00. The summed E-state index contributed by atoms with van der Waals surface area (Å²) in [6, 6.07) is 9.53. The predicted octanol–water partition coefficient (Wildman–Crippen LogP) is 2.52. The molecule has 1 amide bonds. The zero-order chi connectivity index (χ0) is 16.1. The van der Waals surface area contributed by atoms with Crippen molar-refractivity contribution >= 4 is 5.91 Å². The summed E-state index contributed by atoms with van der Waals surface area (Å²) in [7, 11) is 0. The van der Waals surface area contributed by atoms with Gasteiger partial charge in [0.25, 0.3) is 5.91 Å². The first-order valence-electron chi connectivity index (χ1n) is 7.79. The second-order valence-corrected chi connectivity index (χ2v) is 5.90. The standard InChI is InChI=1S/C18H20N2O3/c21-18(20-22)17-4-3-15-9-14(1-2-16(15)10-17)12-23-11-13-5-7-19-8-6-13/h3-8,10,14,22H,1-2,9,11-12H2,(H,20,21). The smallest absolute Gasteiger partial charge is 0.274 e. The van der Waals surface area contributed by atoms with Crippen LogP contribution in [0.2, 0.25) is 0 Å². The summed E-state index contributed by atoms with van der Waals surface area (Å²) < 4.78 is 5.83. The number of carbonyl (C=O) groups is 1. The molecule has 0 saturated carbocycles. The molecule has 1 aromatic carbocycles. The SMILES string of the molecule is O=C(NO)c1ccc2c(c1)CCC(COCc1ccncc1)C2. The highest BCUT2D eigenvalue weighted by molar-refractivity contribution is 5.93. The van der Waals surface area contributed by atoms with Crippen LogP contribution in [0.3, 0.4) is 0 Å². The summed E-state index contributed by atoms with van der Waals surface area (Å²) >= 11 is 0. The average molecular weight is 312 g/mol. The molecule has 1 aliphatic carbocycles. The Hall–Kier alpha value is -2.24. The van der Waals surface area contributed by atoms with E-state index >= 15 is 0 Å². The zero-order valence-electron chi connectivity index (χ0n) is 12.9. The summed E-state index contributed by atoms with van der Waals surface area (Å²) in [5.74, 6) is 0.0393. The van der Waals surface area contributed by atoms with E-state index in [1.165, 1.54) is 11.1 Å². The molecule has 1 aliphatic rings. The lowest BCUT2D eigenvalue weighted by atomic mass is 9.83. The van der Waals surface area contributed by atoms with Crippen molar-refractivity contribution in [3.05, 3.63) is 65.0 Å². The van der Waals surface area contributed by atoms with Crippen LogP contribution in [0, 0.1) is 5.92 Å². The molecular weight excluding hydrogens is 292 g/mol. The molecule has 0 aliphatic heterocycles. The third kappa shape index (κ3) is 3.94. The Morgan fingerprint density at radius 3 is 2.87 bits per heavy atom. The Morgan fingerprint density at radius 2 is 2.09 bits per heavy atom. The number of amides is 1. The van der Waals surface area contributed by atoms with Gasteiger partial charge in [-0.1, -0.05) is 6.07 Å². The maximum Gasteiger partial charge on any atom is 0.274 e. The molecular formula is C18H20N2O3. The van der Waals surface area contributed by atoms with Gasteiger partial charge in [-0.05, 0) is 66.1 Å². The van der Waals surface area contributed by atoms with E-state index in [-0.39, 0.29) is 0 Å². The maximum absolute atomic E-state index is 11.5. The molecule has 0 saturated heterocycles. The average Bonchev–Trinajstić information content (AvgIpc) is 2.61. The first-order chi connectivity index (χ1) is 11.3. The molecule has 1 unspecified atom stereocenters. The molecule has 2 N–H and O–H groups in total. The molecule has 0 fully saturated rings. The Labute approximate surface area is 135 Å². The van der Waals surface area contributed by atoms with Crippen LogP contribution in [0.1, 0.15) is 33.5 Å². The number of ether oxygens (including phenoxy) is 1. The Balaban J connectivity index is 1.55. The number of aromatic nitrogens is 1. The second kappa shape index (κ2) is 7.35. The van der Waals surface area contributed by atoms with Gasteiger partial charge in [-0.25, -0.2) is 5.48 Å². The summed E-state index contributed by atoms with van der Waals surface area (Å²) in [6.45, 7) is 1.35. The molecule has 0 bridgehead atoms. The van der Waals surface area contributed by atoms with Gasteiger partial charge in [0.15, 0.2) is 0 Å². The number of hydroxylamine groups is 1. The summed E-state index contributed by atoms with van der Waals surface area (Å²) in [5.41, 5.74) is 5.77. The molecule has 0 radical (unpaired) electrons. The summed E-state index contributed by atoms with van der Waals surface area (Å²) in [4.78, 5) is 15.4. The van der Waals surface area contributed by atoms with Gasteiger partial charge in [-0.2, -0.15) is 0 Å². The zero-order valence-corrected chi connectivity index (χ0v) is 12.9. The van der Waals surface area contributed by atoms with Crippen LogP contribution in [-0.4, -0.2) is 22.7 Å². The van der Waals surface area contributed by atoms with Crippen molar-refractivity contribution < 1.29 is 14.7 Å². The summed E-state index contributed by atoms with van der Waals surface area (Å²) in [6.07, 6.45) is 6.50. The summed E-state index contributed by atoms with van der Waals surface area (Å²) in [5, 5.41) is 8.71. The fraction of sp³-hybridized carbons (Fsp3) is 0.333. The highest BCUT2D eigenvalue weighted by atomic mass is 16.5. The van der Waals surface area contributed by atoms with Gasteiger partial charge in [0, 0.05) is 18.0 Å². The fourth-order valence-corrected chi connectivity index (χ4v) is 3.00. The third-order valence-corrected chi connectivity index (χ3v) is 4.27. The molecule has 1 atom stereocenters. The number of aryl methyl sites for hydroxylation is 1. The minimum Gasteiger partial charge on any atom is -0.376 e. The van der Waals surface area contributed by atoms with Crippen molar-refractivity contribution in [3.8, 4) is 0 Å². The minimum atomic E-state index is -0.462. The number of benzene rings is 1. The van der Waals surface area contributed by atoms with E-state index in [0.717, 1.165) is 31.4 Å². The minimum absolute atomic E-state index is 0.462. The van der Waals surface area contributed by atoms with Crippen molar-refractivity contribution in [3.63, 3.8) is 0 Å². The molecule has 5 nitrogen and oxygen atoms in total. The van der Waals surface area contributed by atoms with Gasteiger partial charge < -0.3 is 4.74 Å². The van der Waals surface area contributed by atoms with E-state index in [0.29, 0.717) is 18.1 Å². The van der Waals surface area contributed by atoms with Crippen LogP contribution in [0.5, 0.6) is 0 Å². The molecule has 3 rings (SSSR count). The van der Waals surface area contributed by atoms with E-state index in [2.05, 4.69) is 4.98 Å². The van der Waals surface area contributed by atoms with E-state index < -0.39 is 5.91 Å². The number of hydrogen-bond acceptors (Lipinski definition) is 4. The first kappa shape index (κ1) is 15.6. The molecule has 1 heterocycles. The number of fused-ring (bicyclic) bond motifs is 1. The number of nitrogens with one attached hydrogen (secondary N) is 1. The number of nitrogens with zero attached hydrogens (tertiary/aromatic N) is 1. The highest BCUT2D eigenvalue weighted by Crippen LogP contribution is 2.27. The molecule has 0 spiro atoms. The van der Waals surface area contributed by atoms with Crippen molar-refractivity contribution in [1.29, 1.82) is 0 Å². The lowest BCUT2D eigenvalue weighted by molar-refractivity contribution is 0.0705. The van der Waals surface area contributed by atoms with E-state index in [1.54, 1.807) is 23.9 Å². The number of hydrogen-bond donors (Lipinski definition) is 2. The van der Waals surface area contributed by atoms with Crippen LogP contribution in [-0.2, 0) is 24.2 Å². The van der Waals surface area contributed by atoms with Crippen LogP contribution >= 0.6 is 0 Å². The van der Waals surface area contributed by atoms with Gasteiger partial charge in [0.1, 0.15) is 0 Å². The molecule has 2 aromatic rings. The lowest BCUT2D eigenvalue weighted by Crippen LogP contribution is -2.22. The van der Waals surface area contributed by atoms with Gasteiger partial charge in [-0.3, -0.25) is 15.0 Å². The van der Waals surface area contributed by atoms with Crippen molar-refractivity contribution in [2.45, 2.75) is 25.9 Å². The quantitative estimate of drug-likeness (QED) is 0.657. The Kier molecular flexibility index (Phi) is 5.00. The van der Waals surface area contributed by atoms with Gasteiger partial charge in [0.05, 0.1) is 13.2 Å². The largest absolute Gasteiger partial charge is 0.376 e. The maximum atomic E-state index is 11.5. The number of pyridine rings is 1. The highest BCUT2D eigenvalue weighted by Gasteiger charge is 2.20. The van der Waals surface area contributed by atoms with Crippen molar-refractivity contribution in [2.75, 3.05) is 6.61 Å². The normalized spacial score (nSPS) is 16.7. The molecule has 5 heteroatoms. The number of carbonyl (C=O) groups excluding carboxylic acids is 1. The predicted molar refractivity (Wildman–Crippen MR) is 85.1 cm³/mol. The Bertz CT molecular complexity index is 673. The van der Waals surface area contributed by atoms with Gasteiger partial charge >= 0.3 is 0 Å². The van der Waals surface area contributed by atoms with Crippen LogP contribution in [0.15, 0.2) is 42.7 Å². The first-order valence-corrected chi connectivity index (χ1v) is 7.79. The topological polar surface area (TPSA) is 71.5 Å². The van der Waals surface area contributed by atoms with E-state index in [9.17, 15) is 4.79 Å². The van der Waals surface area contributed by atoms with E-state index in [4.69, 9.17) is 9.94 Å². The van der Waals surface area contributed by atoms with Crippen molar-refractivity contribution in [1.82, 2.24) is 10.5 Å². The molecule has 1 aromatic heterocycles. The molecule has 23 heavy (non-hydrogen) atoms. The second-order valence-electron chi connectivity index (χ2n) is 5.90. The third-order valence-electron chi connectivity index (χ3n) is 4.27. The lowest BCUT2D eigenvalue weighted by Gasteiger charge is -2.25. The van der Waals surface area contributed by atoms with Gasteiger partial charge in [-0.15, -0.1) is 0 Å². The van der Waals surface area contributed by atoms with Crippen LogP contribution in [0.25, 0.3) is 0 Å². The number of rotatable bonds is 5. The monoisotopic (exact) mass is 312 g/mol. The van der Waals surface area contributed by atoms with Gasteiger partial charge in [0.2, 0.25) is 0 Å².